The summed E-state index contributed by atoms with van der Waals surface area (Å²) in [6.45, 7) is 1.98. The van der Waals surface area contributed by atoms with E-state index < -0.39 is 5.97 Å². The zero-order chi connectivity index (χ0) is 18.4. The van der Waals surface area contributed by atoms with Crippen LogP contribution in [0, 0.1) is 0 Å². The number of nitrogens with one attached hydrogen (secondary N) is 1. The van der Waals surface area contributed by atoms with Crippen molar-refractivity contribution in [2.75, 3.05) is 16.8 Å². The van der Waals surface area contributed by atoms with Crippen LogP contribution in [0.25, 0.3) is 0 Å². The first-order chi connectivity index (χ1) is 11.9. The predicted molar refractivity (Wildman–Crippen MR) is 105 cm³/mol. The zero-order valence-electron chi connectivity index (χ0n) is 13.4. The number of ketones is 1. The van der Waals surface area contributed by atoms with Crippen molar-refractivity contribution < 1.29 is 19.5 Å². The Bertz CT molecular complexity index is 804. The van der Waals surface area contributed by atoms with Gasteiger partial charge in [0.1, 0.15) is 5.00 Å². The van der Waals surface area contributed by atoms with Gasteiger partial charge < -0.3 is 10.4 Å². The third-order valence-corrected chi connectivity index (χ3v) is 5.78. The molecule has 2 aromatic rings. The Labute approximate surface area is 162 Å². The van der Waals surface area contributed by atoms with Gasteiger partial charge in [-0.3, -0.25) is 14.4 Å². The second-order valence-electron chi connectivity index (χ2n) is 5.08. The summed E-state index contributed by atoms with van der Waals surface area (Å²) in [5, 5.41) is 11.9. The molecule has 132 valence electrons. The molecule has 1 aromatic heterocycles. The monoisotopic (exact) mass is 441 g/mol. The molecular weight excluding hydrogens is 426 g/mol. The van der Waals surface area contributed by atoms with E-state index in [1.54, 1.807) is 24.3 Å². The van der Waals surface area contributed by atoms with Crippen LogP contribution >= 0.6 is 39.0 Å². The quantitative estimate of drug-likeness (QED) is 0.603. The van der Waals surface area contributed by atoms with Crippen LogP contribution in [0.2, 0.25) is 0 Å². The number of carbonyl (C=O) groups is 3. The number of amides is 1. The summed E-state index contributed by atoms with van der Waals surface area (Å²) in [5.41, 5.74) is 0.988. The van der Waals surface area contributed by atoms with Gasteiger partial charge in [0.05, 0.1) is 17.1 Å². The fourth-order valence-electron chi connectivity index (χ4n) is 2.06. The molecule has 1 heterocycles. The maximum Gasteiger partial charge on any atom is 0.313 e. The lowest BCUT2D eigenvalue weighted by molar-refractivity contribution is -0.133. The highest BCUT2D eigenvalue weighted by Gasteiger charge is 2.19. The lowest BCUT2D eigenvalue weighted by atomic mass is 10.0. The molecule has 0 fully saturated rings. The number of carbonyl (C=O) groups excluding carboxylic acids is 2. The Morgan fingerprint density at radius 2 is 2.00 bits per heavy atom. The number of thiophene rings is 1. The Hall–Kier alpha value is -1.64. The molecule has 25 heavy (non-hydrogen) atoms. The topological polar surface area (TPSA) is 83.5 Å². The molecule has 0 aliphatic heterocycles. The molecule has 0 aliphatic carbocycles. The molecule has 0 spiro atoms. The summed E-state index contributed by atoms with van der Waals surface area (Å²) in [7, 11) is 0. The average Bonchev–Trinajstić information content (AvgIpc) is 2.96. The molecule has 0 saturated carbocycles. The van der Waals surface area contributed by atoms with Crippen LogP contribution in [0.3, 0.4) is 0 Å². The van der Waals surface area contributed by atoms with Crippen molar-refractivity contribution in [1.82, 2.24) is 0 Å². The molecule has 0 bridgehead atoms. The van der Waals surface area contributed by atoms with Crippen molar-refractivity contribution >= 4 is 61.7 Å². The van der Waals surface area contributed by atoms with Crippen molar-refractivity contribution in [2.45, 2.75) is 13.3 Å². The van der Waals surface area contributed by atoms with Gasteiger partial charge in [-0.25, -0.2) is 0 Å². The van der Waals surface area contributed by atoms with Gasteiger partial charge in [-0.2, -0.15) is 0 Å². The molecule has 0 radical (unpaired) electrons. The summed E-state index contributed by atoms with van der Waals surface area (Å²) < 4.78 is 0.806. The number of hydrogen-bond acceptors (Lipinski definition) is 5. The highest BCUT2D eigenvalue weighted by molar-refractivity contribution is 9.10. The van der Waals surface area contributed by atoms with E-state index in [2.05, 4.69) is 21.2 Å². The lowest BCUT2D eigenvalue weighted by Gasteiger charge is -2.06. The third-order valence-electron chi connectivity index (χ3n) is 3.17. The van der Waals surface area contributed by atoms with Crippen molar-refractivity contribution in [3.8, 4) is 0 Å². The Morgan fingerprint density at radius 3 is 2.64 bits per heavy atom. The van der Waals surface area contributed by atoms with Crippen LogP contribution in [-0.4, -0.2) is 34.3 Å². The first-order valence-electron chi connectivity index (χ1n) is 7.43. The molecule has 0 unspecified atom stereocenters. The summed E-state index contributed by atoms with van der Waals surface area (Å²) >= 11 is 5.73. The van der Waals surface area contributed by atoms with Crippen molar-refractivity contribution in [1.29, 1.82) is 0 Å². The van der Waals surface area contributed by atoms with E-state index in [0.29, 0.717) is 16.1 Å². The van der Waals surface area contributed by atoms with Crippen LogP contribution in [-0.2, 0) is 16.0 Å². The van der Waals surface area contributed by atoms with E-state index in [-0.39, 0.29) is 23.2 Å². The number of anilines is 1. The number of aryl methyl sites for hydroxylation is 1. The van der Waals surface area contributed by atoms with Gasteiger partial charge in [0, 0.05) is 14.9 Å². The molecule has 1 amide bonds. The Kier molecular flexibility index (Phi) is 7.22. The first kappa shape index (κ1) is 19.7. The standard InChI is InChI=1S/C17H16BrNO4S2/c1-2-12-7-13(16(23)10-4-3-5-11(18)6-10)17(25-12)19-14(20)8-24-9-15(21)22/h3-7H,2,8-9H2,1H3,(H,19,20)(H,21,22). The summed E-state index contributed by atoms with van der Waals surface area (Å²) in [6.07, 6.45) is 0.757. The van der Waals surface area contributed by atoms with Crippen molar-refractivity contribution in [3.63, 3.8) is 0 Å². The molecule has 0 atom stereocenters. The van der Waals surface area contributed by atoms with Gasteiger partial charge in [-0.15, -0.1) is 23.1 Å². The molecule has 8 heteroatoms. The maximum atomic E-state index is 12.8. The molecule has 0 saturated heterocycles. The first-order valence-corrected chi connectivity index (χ1v) is 10.2. The van der Waals surface area contributed by atoms with Crippen molar-refractivity contribution in [3.05, 3.63) is 50.8 Å². The number of carboxylic acid groups (broad SMARTS) is 1. The molecule has 0 aliphatic rings. The van der Waals surface area contributed by atoms with Crippen LogP contribution in [0.5, 0.6) is 0 Å². The molecule has 5 nitrogen and oxygen atoms in total. The van der Waals surface area contributed by atoms with E-state index >= 15 is 0 Å². The number of carboxylic acids is 1. The van der Waals surface area contributed by atoms with Crippen LogP contribution in [0.4, 0.5) is 5.00 Å². The van der Waals surface area contributed by atoms with E-state index in [9.17, 15) is 14.4 Å². The van der Waals surface area contributed by atoms with Gasteiger partial charge in [0.25, 0.3) is 0 Å². The van der Waals surface area contributed by atoms with Gasteiger partial charge in [-0.05, 0) is 24.6 Å². The fourth-order valence-corrected chi connectivity index (χ4v) is 4.00. The predicted octanol–water partition coefficient (Wildman–Crippen LogP) is 4.06. The highest BCUT2D eigenvalue weighted by atomic mass is 79.9. The Morgan fingerprint density at radius 1 is 1.24 bits per heavy atom. The molecule has 2 rings (SSSR count). The van der Waals surface area contributed by atoms with E-state index in [0.717, 1.165) is 27.5 Å². The van der Waals surface area contributed by atoms with Crippen LogP contribution in [0.1, 0.15) is 27.7 Å². The summed E-state index contributed by atoms with van der Waals surface area (Å²) in [4.78, 5) is 36.3. The number of rotatable bonds is 8. The van der Waals surface area contributed by atoms with Gasteiger partial charge in [0.2, 0.25) is 5.91 Å². The third kappa shape index (κ3) is 5.69. The smallest absolute Gasteiger partial charge is 0.313 e. The van der Waals surface area contributed by atoms with Gasteiger partial charge in [0.15, 0.2) is 5.78 Å². The largest absolute Gasteiger partial charge is 0.481 e. The fraction of sp³-hybridized carbons (Fsp3) is 0.235. The highest BCUT2D eigenvalue weighted by Crippen LogP contribution is 2.31. The molecule has 2 N–H and O–H groups in total. The van der Waals surface area contributed by atoms with E-state index in [1.165, 1.54) is 11.3 Å². The minimum absolute atomic E-state index is 0.0240. The number of thioether (sulfide) groups is 1. The molecular formula is C17H16BrNO4S2. The summed E-state index contributed by atoms with van der Waals surface area (Å²) in [6, 6.07) is 8.88. The van der Waals surface area contributed by atoms with Gasteiger partial charge in [-0.1, -0.05) is 35.0 Å². The average molecular weight is 442 g/mol. The van der Waals surface area contributed by atoms with E-state index in [4.69, 9.17) is 5.11 Å². The van der Waals surface area contributed by atoms with Gasteiger partial charge >= 0.3 is 5.97 Å². The number of benzene rings is 1. The van der Waals surface area contributed by atoms with Crippen molar-refractivity contribution in [2.24, 2.45) is 0 Å². The molecule has 1 aromatic carbocycles. The number of hydrogen-bond donors (Lipinski definition) is 2. The SMILES string of the molecule is CCc1cc(C(=O)c2cccc(Br)c2)c(NC(=O)CSCC(=O)O)s1. The Balaban J connectivity index is 2.18. The second-order valence-corrected chi connectivity index (χ2v) is 8.12. The van der Waals surface area contributed by atoms with E-state index in [1.807, 2.05) is 13.0 Å². The minimum Gasteiger partial charge on any atom is -0.481 e. The zero-order valence-corrected chi connectivity index (χ0v) is 16.6. The number of aliphatic carboxylic acids is 1. The second kappa shape index (κ2) is 9.17. The normalized spacial score (nSPS) is 10.5. The summed E-state index contributed by atoms with van der Waals surface area (Å²) in [5.74, 6) is -1.56. The number of halogens is 1. The minimum atomic E-state index is -0.965. The van der Waals surface area contributed by atoms with Crippen LogP contribution in [0.15, 0.2) is 34.8 Å². The lowest BCUT2D eigenvalue weighted by Crippen LogP contribution is -2.16. The van der Waals surface area contributed by atoms with Crippen LogP contribution < -0.4 is 5.32 Å². The maximum absolute atomic E-state index is 12.8.